The van der Waals surface area contributed by atoms with Crippen LogP contribution in [0.4, 0.5) is 5.82 Å². The molecule has 2 rings (SSSR count). The highest BCUT2D eigenvalue weighted by molar-refractivity contribution is 5.50. The predicted molar refractivity (Wildman–Crippen MR) is 77.5 cm³/mol. The average molecular weight is 266 g/mol. The molecule has 2 atom stereocenters. The van der Waals surface area contributed by atoms with Gasteiger partial charge in [-0.1, -0.05) is 6.92 Å². The highest BCUT2D eigenvalue weighted by Crippen LogP contribution is 2.26. The third kappa shape index (κ3) is 3.09. The molecule has 0 aromatic carbocycles. The van der Waals surface area contributed by atoms with Gasteiger partial charge in [-0.15, -0.1) is 0 Å². The van der Waals surface area contributed by atoms with Crippen molar-refractivity contribution in [3.8, 4) is 0 Å². The first-order chi connectivity index (χ1) is 9.02. The molecule has 1 aliphatic rings. The first kappa shape index (κ1) is 14.3. The van der Waals surface area contributed by atoms with Crippen molar-refractivity contribution >= 4 is 5.82 Å². The molecule has 0 unspecified atom stereocenters. The van der Waals surface area contributed by atoms with Crippen LogP contribution in [-0.2, 0) is 18.3 Å². The minimum atomic E-state index is 0.269. The zero-order valence-corrected chi connectivity index (χ0v) is 12.7. The monoisotopic (exact) mass is 266 g/mol. The second-order valence-corrected chi connectivity index (χ2v) is 5.45. The first-order valence-corrected chi connectivity index (χ1v) is 7.16. The summed E-state index contributed by atoms with van der Waals surface area (Å²) in [4.78, 5) is 2.41. The van der Waals surface area contributed by atoms with Gasteiger partial charge in [0.15, 0.2) is 0 Å². The second kappa shape index (κ2) is 5.92. The van der Waals surface area contributed by atoms with Gasteiger partial charge in [0.1, 0.15) is 5.82 Å². The number of morpholine rings is 1. The molecule has 1 aromatic rings. The average Bonchev–Trinajstić information content (AvgIpc) is 2.59. The van der Waals surface area contributed by atoms with Gasteiger partial charge in [-0.3, -0.25) is 4.68 Å². The maximum absolute atomic E-state index is 5.82. The second-order valence-electron chi connectivity index (χ2n) is 5.45. The van der Waals surface area contributed by atoms with E-state index in [9.17, 15) is 0 Å². The molecule has 2 heterocycles. The predicted octanol–water partition coefficient (Wildman–Crippen LogP) is 1.45. The van der Waals surface area contributed by atoms with Gasteiger partial charge in [0.25, 0.3) is 0 Å². The molecule has 19 heavy (non-hydrogen) atoms. The lowest BCUT2D eigenvalue weighted by Gasteiger charge is -2.37. The molecule has 0 spiro atoms. The van der Waals surface area contributed by atoms with Crippen molar-refractivity contribution in [2.45, 2.75) is 46.4 Å². The van der Waals surface area contributed by atoms with Crippen LogP contribution in [0.3, 0.4) is 0 Å². The Bertz CT molecular complexity index is 419. The third-order valence-electron chi connectivity index (χ3n) is 3.58. The molecule has 1 aromatic heterocycles. The van der Waals surface area contributed by atoms with Crippen LogP contribution in [-0.4, -0.2) is 41.6 Å². The van der Waals surface area contributed by atoms with Gasteiger partial charge in [0.2, 0.25) is 0 Å². The highest BCUT2D eigenvalue weighted by atomic mass is 16.5. The summed E-state index contributed by atoms with van der Waals surface area (Å²) < 4.78 is 7.83. The highest BCUT2D eigenvalue weighted by Gasteiger charge is 2.27. The van der Waals surface area contributed by atoms with Gasteiger partial charge < -0.3 is 15.0 Å². The van der Waals surface area contributed by atoms with Crippen LogP contribution in [0, 0.1) is 6.92 Å². The SMILES string of the molecule is CCNCc1c(C)nn(C)c1N1C[C@@H](C)O[C@@H](C)C1. The smallest absolute Gasteiger partial charge is 0.131 e. The number of aryl methyl sites for hydroxylation is 2. The summed E-state index contributed by atoms with van der Waals surface area (Å²) in [5.74, 6) is 1.24. The lowest BCUT2D eigenvalue weighted by atomic mass is 10.2. The van der Waals surface area contributed by atoms with Crippen LogP contribution >= 0.6 is 0 Å². The van der Waals surface area contributed by atoms with Crippen LogP contribution in [0.25, 0.3) is 0 Å². The molecule has 1 aliphatic heterocycles. The topological polar surface area (TPSA) is 42.3 Å². The van der Waals surface area contributed by atoms with Crippen molar-refractivity contribution in [3.63, 3.8) is 0 Å². The summed E-state index contributed by atoms with van der Waals surface area (Å²) in [7, 11) is 2.03. The first-order valence-electron chi connectivity index (χ1n) is 7.16. The lowest BCUT2D eigenvalue weighted by molar-refractivity contribution is -0.00569. The molecule has 0 bridgehead atoms. The number of hydrogen-bond donors (Lipinski definition) is 1. The maximum atomic E-state index is 5.82. The Morgan fingerprint density at radius 2 is 1.95 bits per heavy atom. The zero-order valence-electron chi connectivity index (χ0n) is 12.7. The van der Waals surface area contributed by atoms with Crippen molar-refractivity contribution in [3.05, 3.63) is 11.3 Å². The fraction of sp³-hybridized carbons (Fsp3) is 0.786. The molecule has 0 aliphatic carbocycles. The minimum Gasteiger partial charge on any atom is -0.372 e. The van der Waals surface area contributed by atoms with Crippen molar-refractivity contribution in [1.29, 1.82) is 0 Å². The van der Waals surface area contributed by atoms with Gasteiger partial charge in [-0.25, -0.2) is 0 Å². The van der Waals surface area contributed by atoms with Crippen LogP contribution in [0.1, 0.15) is 32.0 Å². The molecule has 108 valence electrons. The summed E-state index contributed by atoms with van der Waals surface area (Å²) in [6.07, 6.45) is 0.539. The molecule has 0 radical (unpaired) electrons. The van der Waals surface area contributed by atoms with E-state index in [0.29, 0.717) is 0 Å². The molecule has 5 heteroatoms. The zero-order chi connectivity index (χ0) is 14.0. The summed E-state index contributed by atoms with van der Waals surface area (Å²) in [5, 5.41) is 7.99. The van der Waals surface area contributed by atoms with Crippen molar-refractivity contribution in [2.24, 2.45) is 7.05 Å². The maximum Gasteiger partial charge on any atom is 0.131 e. The van der Waals surface area contributed by atoms with E-state index in [4.69, 9.17) is 4.74 Å². The van der Waals surface area contributed by atoms with Crippen LogP contribution in [0.5, 0.6) is 0 Å². The van der Waals surface area contributed by atoms with E-state index >= 15 is 0 Å². The van der Waals surface area contributed by atoms with Crippen molar-refractivity contribution in [2.75, 3.05) is 24.5 Å². The summed E-state index contributed by atoms with van der Waals surface area (Å²) >= 11 is 0. The Hall–Kier alpha value is -1.07. The Morgan fingerprint density at radius 1 is 1.32 bits per heavy atom. The van der Waals surface area contributed by atoms with Gasteiger partial charge in [-0.2, -0.15) is 5.10 Å². The minimum absolute atomic E-state index is 0.269. The molecule has 1 N–H and O–H groups in total. The van der Waals surface area contributed by atoms with Gasteiger partial charge >= 0.3 is 0 Å². The molecular weight excluding hydrogens is 240 g/mol. The summed E-state index contributed by atoms with van der Waals surface area (Å²) in [5.41, 5.74) is 2.43. The van der Waals surface area contributed by atoms with Crippen LogP contribution in [0.2, 0.25) is 0 Å². The molecular formula is C14H26N4O. The van der Waals surface area contributed by atoms with E-state index in [1.807, 2.05) is 11.7 Å². The summed E-state index contributed by atoms with van der Waals surface area (Å²) in [6.45, 7) is 12.2. The van der Waals surface area contributed by atoms with Gasteiger partial charge in [0.05, 0.1) is 17.9 Å². The number of aromatic nitrogens is 2. The fourth-order valence-corrected chi connectivity index (χ4v) is 2.89. The molecule has 5 nitrogen and oxygen atoms in total. The van der Waals surface area contributed by atoms with E-state index in [2.05, 4.69) is 43.0 Å². The Balaban J connectivity index is 2.27. The largest absolute Gasteiger partial charge is 0.372 e. The molecule has 0 amide bonds. The molecule has 0 saturated carbocycles. The number of nitrogens with one attached hydrogen (secondary N) is 1. The molecule has 1 saturated heterocycles. The Kier molecular flexibility index (Phi) is 4.47. The van der Waals surface area contributed by atoms with Gasteiger partial charge in [-0.05, 0) is 27.3 Å². The normalized spacial score (nSPS) is 23.9. The van der Waals surface area contributed by atoms with Crippen LogP contribution < -0.4 is 10.2 Å². The van der Waals surface area contributed by atoms with Gasteiger partial charge in [0, 0.05) is 32.2 Å². The fourth-order valence-electron chi connectivity index (χ4n) is 2.89. The lowest BCUT2D eigenvalue weighted by Crippen LogP contribution is -2.46. The number of anilines is 1. The number of rotatable bonds is 4. The third-order valence-corrected chi connectivity index (χ3v) is 3.58. The quantitative estimate of drug-likeness (QED) is 0.896. The van der Waals surface area contributed by atoms with E-state index in [0.717, 1.165) is 31.9 Å². The number of ether oxygens (including phenoxy) is 1. The number of hydrogen-bond acceptors (Lipinski definition) is 4. The van der Waals surface area contributed by atoms with Crippen molar-refractivity contribution < 1.29 is 4.74 Å². The molecule has 1 fully saturated rings. The standard InChI is InChI=1S/C14H26N4O/c1-6-15-7-13-12(4)16-17(5)14(13)18-8-10(2)19-11(3)9-18/h10-11,15H,6-9H2,1-5H3/t10-,11+. The number of nitrogens with zero attached hydrogens (tertiary/aromatic N) is 3. The Labute approximate surface area is 115 Å². The summed E-state index contributed by atoms with van der Waals surface area (Å²) in [6, 6.07) is 0. The van der Waals surface area contributed by atoms with E-state index in [-0.39, 0.29) is 12.2 Å². The van der Waals surface area contributed by atoms with E-state index in [1.54, 1.807) is 0 Å². The van der Waals surface area contributed by atoms with Crippen molar-refractivity contribution in [1.82, 2.24) is 15.1 Å². The van der Waals surface area contributed by atoms with E-state index < -0.39 is 0 Å². The Morgan fingerprint density at radius 3 is 2.53 bits per heavy atom. The van der Waals surface area contributed by atoms with Crippen LogP contribution in [0.15, 0.2) is 0 Å². The van der Waals surface area contributed by atoms with E-state index in [1.165, 1.54) is 11.4 Å².